The third-order valence-electron chi connectivity index (χ3n) is 1.62. The highest BCUT2D eigenvalue weighted by atomic mass is 16.3. The van der Waals surface area contributed by atoms with Crippen molar-refractivity contribution in [3.63, 3.8) is 0 Å². The van der Waals surface area contributed by atoms with Crippen LogP contribution in [0.15, 0.2) is 22.8 Å². The Kier molecular flexibility index (Phi) is 3.84. The quantitative estimate of drug-likeness (QED) is 0.663. The SMILES string of the molecule is CN(C)CCNCc1ccco1. The summed E-state index contributed by atoms with van der Waals surface area (Å²) >= 11 is 0. The smallest absolute Gasteiger partial charge is 0.117 e. The van der Waals surface area contributed by atoms with Gasteiger partial charge in [0.05, 0.1) is 12.8 Å². The molecule has 3 nitrogen and oxygen atoms in total. The summed E-state index contributed by atoms with van der Waals surface area (Å²) in [6, 6.07) is 3.88. The minimum atomic E-state index is 0.820. The molecule has 0 amide bonds. The minimum absolute atomic E-state index is 0.820. The number of hydrogen-bond acceptors (Lipinski definition) is 3. The highest BCUT2D eigenvalue weighted by Gasteiger charge is 1.94. The molecule has 12 heavy (non-hydrogen) atoms. The maximum atomic E-state index is 5.16. The molecule has 0 bridgehead atoms. The zero-order chi connectivity index (χ0) is 8.81. The fourth-order valence-electron chi connectivity index (χ4n) is 0.927. The molecule has 0 saturated heterocycles. The maximum absolute atomic E-state index is 5.16. The number of nitrogens with zero attached hydrogens (tertiary/aromatic N) is 1. The second-order valence-electron chi connectivity index (χ2n) is 3.06. The van der Waals surface area contributed by atoms with E-state index in [1.807, 2.05) is 12.1 Å². The van der Waals surface area contributed by atoms with Gasteiger partial charge in [0.1, 0.15) is 5.76 Å². The summed E-state index contributed by atoms with van der Waals surface area (Å²) in [6.07, 6.45) is 1.70. The lowest BCUT2D eigenvalue weighted by molar-refractivity contribution is 0.392. The monoisotopic (exact) mass is 168 g/mol. The standard InChI is InChI=1S/C9H16N2O/c1-11(2)6-5-10-8-9-4-3-7-12-9/h3-4,7,10H,5-6,8H2,1-2H3. The van der Waals surface area contributed by atoms with Crippen molar-refractivity contribution in [3.8, 4) is 0 Å². The van der Waals surface area contributed by atoms with E-state index in [0.717, 1.165) is 25.4 Å². The lowest BCUT2D eigenvalue weighted by atomic mass is 10.4. The molecule has 68 valence electrons. The van der Waals surface area contributed by atoms with Crippen LogP contribution in [0.2, 0.25) is 0 Å². The lowest BCUT2D eigenvalue weighted by Gasteiger charge is -2.08. The van der Waals surface area contributed by atoms with E-state index in [9.17, 15) is 0 Å². The summed E-state index contributed by atoms with van der Waals surface area (Å²) in [4.78, 5) is 2.15. The molecule has 0 radical (unpaired) electrons. The highest BCUT2D eigenvalue weighted by molar-refractivity contribution is 4.97. The Morgan fingerprint density at radius 2 is 2.33 bits per heavy atom. The van der Waals surface area contributed by atoms with Gasteiger partial charge in [-0.2, -0.15) is 0 Å². The van der Waals surface area contributed by atoms with Crippen LogP contribution >= 0.6 is 0 Å². The van der Waals surface area contributed by atoms with Crippen molar-refractivity contribution in [3.05, 3.63) is 24.2 Å². The average Bonchev–Trinajstić information content (AvgIpc) is 2.49. The molecular formula is C9H16N2O. The first-order valence-electron chi connectivity index (χ1n) is 4.17. The van der Waals surface area contributed by atoms with Gasteiger partial charge in [0, 0.05) is 13.1 Å². The van der Waals surface area contributed by atoms with Gasteiger partial charge in [-0.15, -0.1) is 0 Å². The van der Waals surface area contributed by atoms with Gasteiger partial charge in [-0.1, -0.05) is 0 Å². The van der Waals surface area contributed by atoms with Crippen molar-refractivity contribution in [2.45, 2.75) is 6.54 Å². The summed E-state index contributed by atoms with van der Waals surface area (Å²) < 4.78 is 5.16. The van der Waals surface area contributed by atoms with Crippen LogP contribution in [0, 0.1) is 0 Å². The summed E-state index contributed by atoms with van der Waals surface area (Å²) in [5.74, 6) is 0.994. The van der Waals surface area contributed by atoms with Gasteiger partial charge in [0.2, 0.25) is 0 Å². The topological polar surface area (TPSA) is 28.4 Å². The van der Waals surface area contributed by atoms with Crippen LogP contribution < -0.4 is 5.32 Å². The Bertz CT molecular complexity index is 194. The zero-order valence-electron chi connectivity index (χ0n) is 7.71. The van der Waals surface area contributed by atoms with E-state index in [-0.39, 0.29) is 0 Å². The van der Waals surface area contributed by atoms with Gasteiger partial charge in [0.15, 0.2) is 0 Å². The summed E-state index contributed by atoms with van der Waals surface area (Å²) in [5, 5.41) is 3.28. The first kappa shape index (κ1) is 9.29. The second kappa shape index (κ2) is 4.95. The zero-order valence-corrected chi connectivity index (χ0v) is 7.71. The lowest BCUT2D eigenvalue weighted by Crippen LogP contribution is -2.25. The fraction of sp³-hybridized carbons (Fsp3) is 0.556. The van der Waals surface area contributed by atoms with E-state index >= 15 is 0 Å². The van der Waals surface area contributed by atoms with Gasteiger partial charge in [-0.25, -0.2) is 0 Å². The van der Waals surface area contributed by atoms with E-state index in [2.05, 4.69) is 24.3 Å². The van der Waals surface area contributed by atoms with Gasteiger partial charge in [0.25, 0.3) is 0 Å². The Labute approximate surface area is 73.4 Å². The molecule has 0 aliphatic carbocycles. The molecule has 3 heteroatoms. The highest BCUT2D eigenvalue weighted by Crippen LogP contribution is 1.97. The maximum Gasteiger partial charge on any atom is 0.117 e. The average molecular weight is 168 g/mol. The minimum Gasteiger partial charge on any atom is -0.468 e. The van der Waals surface area contributed by atoms with Crippen molar-refractivity contribution in [1.29, 1.82) is 0 Å². The molecule has 0 aliphatic heterocycles. The Balaban J connectivity index is 2.04. The molecule has 0 aliphatic rings. The normalized spacial score (nSPS) is 10.9. The molecule has 1 rings (SSSR count). The molecule has 0 unspecified atom stereocenters. The number of likely N-dealkylation sites (N-methyl/N-ethyl adjacent to an activating group) is 1. The number of hydrogen-bond donors (Lipinski definition) is 1. The van der Waals surface area contributed by atoms with Crippen molar-refractivity contribution >= 4 is 0 Å². The van der Waals surface area contributed by atoms with Gasteiger partial charge in [-0.3, -0.25) is 0 Å². The van der Waals surface area contributed by atoms with Crippen LogP contribution in [0.3, 0.4) is 0 Å². The van der Waals surface area contributed by atoms with Crippen molar-refractivity contribution in [2.24, 2.45) is 0 Å². The molecule has 0 atom stereocenters. The Hall–Kier alpha value is -0.800. The molecule has 1 N–H and O–H groups in total. The van der Waals surface area contributed by atoms with Crippen LogP contribution in [0.1, 0.15) is 5.76 Å². The molecule has 0 spiro atoms. The second-order valence-corrected chi connectivity index (χ2v) is 3.06. The van der Waals surface area contributed by atoms with E-state index in [1.54, 1.807) is 6.26 Å². The number of furan rings is 1. The summed E-state index contributed by atoms with van der Waals surface area (Å²) in [5.41, 5.74) is 0. The first-order valence-corrected chi connectivity index (χ1v) is 4.17. The molecule has 0 saturated carbocycles. The van der Waals surface area contributed by atoms with E-state index in [1.165, 1.54) is 0 Å². The third kappa shape index (κ3) is 3.55. The molecule has 0 fully saturated rings. The predicted molar refractivity (Wildman–Crippen MR) is 49.0 cm³/mol. The number of nitrogens with one attached hydrogen (secondary N) is 1. The third-order valence-corrected chi connectivity index (χ3v) is 1.62. The Morgan fingerprint density at radius 3 is 2.92 bits per heavy atom. The molecule has 1 aromatic heterocycles. The van der Waals surface area contributed by atoms with E-state index in [0.29, 0.717) is 0 Å². The van der Waals surface area contributed by atoms with Gasteiger partial charge < -0.3 is 14.6 Å². The number of rotatable bonds is 5. The summed E-state index contributed by atoms with van der Waals surface area (Å²) in [6.45, 7) is 2.87. The van der Waals surface area contributed by atoms with E-state index < -0.39 is 0 Å². The van der Waals surface area contributed by atoms with Crippen LogP contribution in [-0.4, -0.2) is 32.1 Å². The summed E-state index contributed by atoms with van der Waals surface area (Å²) in [7, 11) is 4.13. The Morgan fingerprint density at radius 1 is 1.50 bits per heavy atom. The van der Waals surface area contributed by atoms with Crippen LogP contribution in [0.25, 0.3) is 0 Å². The van der Waals surface area contributed by atoms with Gasteiger partial charge >= 0.3 is 0 Å². The largest absolute Gasteiger partial charge is 0.468 e. The van der Waals surface area contributed by atoms with Crippen LogP contribution in [-0.2, 0) is 6.54 Å². The van der Waals surface area contributed by atoms with Crippen LogP contribution in [0.4, 0.5) is 0 Å². The molecular weight excluding hydrogens is 152 g/mol. The van der Waals surface area contributed by atoms with Crippen LogP contribution in [0.5, 0.6) is 0 Å². The van der Waals surface area contributed by atoms with Gasteiger partial charge in [-0.05, 0) is 26.2 Å². The fourth-order valence-corrected chi connectivity index (χ4v) is 0.927. The van der Waals surface area contributed by atoms with Crippen molar-refractivity contribution < 1.29 is 4.42 Å². The molecule has 1 aromatic rings. The predicted octanol–water partition coefficient (Wildman–Crippen LogP) is 0.931. The molecule has 0 aromatic carbocycles. The van der Waals surface area contributed by atoms with Crippen molar-refractivity contribution in [2.75, 3.05) is 27.2 Å². The molecule has 1 heterocycles. The first-order chi connectivity index (χ1) is 5.79. The van der Waals surface area contributed by atoms with Crippen molar-refractivity contribution in [1.82, 2.24) is 10.2 Å². The van der Waals surface area contributed by atoms with E-state index in [4.69, 9.17) is 4.42 Å².